The van der Waals surface area contributed by atoms with Gasteiger partial charge in [-0.3, -0.25) is 9.29 Å². The first-order chi connectivity index (χ1) is 12.1. The first kappa shape index (κ1) is 17.6. The van der Waals surface area contributed by atoms with E-state index in [2.05, 4.69) is 16.4 Å². The molecule has 3 aromatic rings. The SMILES string of the molecule is CCS(=O)(=O)N(Cc1cccnc1)c1cccc(Cc2cccs2)c1. The van der Waals surface area contributed by atoms with E-state index in [-0.39, 0.29) is 12.3 Å². The number of benzene rings is 1. The zero-order valence-electron chi connectivity index (χ0n) is 14.0. The minimum absolute atomic E-state index is 0.0580. The molecule has 0 spiro atoms. The Morgan fingerprint density at radius 1 is 1.08 bits per heavy atom. The van der Waals surface area contributed by atoms with E-state index in [4.69, 9.17) is 0 Å². The maximum Gasteiger partial charge on any atom is 0.235 e. The van der Waals surface area contributed by atoms with E-state index in [1.807, 2.05) is 42.5 Å². The van der Waals surface area contributed by atoms with Crippen molar-refractivity contribution in [3.8, 4) is 0 Å². The first-order valence-corrected chi connectivity index (χ1v) is 10.6. The number of nitrogens with zero attached hydrogens (tertiary/aromatic N) is 2. The molecule has 2 aromatic heterocycles. The summed E-state index contributed by atoms with van der Waals surface area (Å²) in [7, 11) is -3.38. The summed E-state index contributed by atoms with van der Waals surface area (Å²) in [5, 5.41) is 2.05. The standard InChI is InChI=1S/C19H20N2O2S2/c1-2-25(22,23)21(15-17-7-4-10-20-14-17)18-8-3-6-16(12-18)13-19-9-5-11-24-19/h3-12,14H,2,13,15H2,1H3. The molecule has 25 heavy (non-hydrogen) atoms. The topological polar surface area (TPSA) is 50.3 Å². The molecule has 2 heterocycles. The van der Waals surface area contributed by atoms with Crippen molar-refractivity contribution in [2.45, 2.75) is 19.9 Å². The van der Waals surface area contributed by atoms with E-state index in [1.54, 1.807) is 30.7 Å². The molecule has 4 nitrogen and oxygen atoms in total. The number of hydrogen-bond acceptors (Lipinski definition) is 4. The van der Waals surface area contributed by atoms with Crippen molar-refractivity contribution >= 4 is 27.0 Å². The van der Waals surface area contributed by atoms with Crippen molar-refractivity contribution in [2.75, 3.05) is 10.1 Å². The Morgan fingerprint density at radius 2 is 1.92 bits per heavy atom. The average molecular weight is 373 g/mol. The lowest BCUT2D eigenvalue weighted by Crippen LogP contribution is -2.32. The van der Waals surface area contributed by atoms with Crippen LogP contribution in [0.3, 0.4) is 0 Å². The maximum atomic E-state index is 12.6. The van der Waals surface area contributed by atoms with Crippen LogP contribution in [-0.2, 0) is 23.0 Å². The highest BCUT2D eigenvalue weighted by atomic mass is 32.2. The van der Waals surface area contributed by atoms with E-state index in [1.165, 1.54) is 9.18 Å². The summed E-state index contributed by atoms with van der Waals surface area (Å²) in [5.41, 5.74) is 2.66. The van der Waals surface area contributed by atoms with Gasteiger partial charge in [-0.05, 0) is 47.7 Å². The molecule has 0 N–H and O–H groups in total. The molecule has 0 aliphatic rings. The predicted octanol–water partition coefficient (Wildman–Crippen LogP) is 4.09. The van der Waals surface area contributed by atoms with Crippen LogP contribution in [0.4, 0.5) is 5.69 Å². The van der Waals surface area contributed by atoms with Crippen LogP contribution in [-0.4, -0.2) is 19.2 Å². The van der Waals surface area contributed by atoms with Crippen LogP contribution in [0.25, 0.3) is 0 Å². The Balaban J connectivity index is 1.93. The Kier molecular flexibility index (Phi) is 5.50. The molecule has 0 fully saturated rings. The Hall–Kier alpha value is -2.18. The molecule has 1 aromatic carbocycles. The molecule has 0 aliphatic carbocycles. The third-order valence-corrected chi connectivity index (χ3v) is 6.52. The molecule has 0 atom stereocenters. The minimum atomic E-state index is -3.38. The monoisotopic (exact) mass is 372 g/mol. The number of aromatic nitrogens is 1. The lowest BCUT2D eigenvalue weighted by molar-refractivity contribution is 0.591. The number of hydrogen-bond donors (Lipinski definition) is 0. The van der Waals surface area contributed by atoms with Gasteiger partial charge < -0.3 is 0 Å². The van der Waals surface area contributed by atoms with Crippen LogP contribution in [0.1, 0.15) is 22.9 Å². The first-order valence-electron chi connectivity index (χ1n) is 8.09. The number of thiophene rings is 1. The van der Waals surface area contributed by atoms with Crippen molar-refractivity contribution in [3.63, 3.8) is 0 Å². The van der Waals surface area contributed by atoms with Crippen LogP contribution in [0.15, 0.2) is 66.3 Å². The van der Waals surface area contributed by atoms with Gasteiger partial charge in [-0.1, -0.05) is 24.3 Å². The summed E-state index contributed by atoms with van der Waals surface area (Å²) in [6, 6.07) is 15.6. The highest BCUT2D eigenvalue weighted by molar-refractivity contribution is 7.92. The fraction of sp³-hybridized carbons (Fsp3) is 0.211. The summed E-state index contributed by atoms with van der Waals surface area (Å²) < 4.78 is 26.8. The van der Waals surface area contributed by atoms with Gasteiger partial charge >= 0.3 is 0 Å². The van der Waals surface area contributed by atoms with Crippen LogP contribution in [0.2, 0.25) is 0 Å². The van der Waals surface area contributed by atoms with Gasteiger partial charge in [0.2, 0.25) is 10.0 Å². The zero-order chi connectivity index (χ0) is 17.7. The predicted molar refractivity (Wildman–Crippen MR) is 103 cm³/mol. The molecule has 0 radical (unpaired) electrons. The Morgan fingerprint density at radius 3 is 2.60 bits per heavy atom. The summed E-state index contributed by atoms with van der Waals surface area (Å²) >= 11 is 1.70. The lowest BCUT2D eigenvalue weighted by Gasteiger charge is -2.24. The minimum Gasteiger partial charge on any atom is -0.266 e. The van der Waals surface area contributed by atoms with Crippen LogP contribution in [0.5, 0.6) is 0 Å². The van der Waals surface area contributed by atoms with Crippen molar-refractivity contribution in [2.24, 2.45) is 0 Å². The highest BCUT2D eigenvalue weighted by Gasteiger charge is 2.21. The maximum absolute atomic E-state index is 12.6. The molecule has 0 unspecified atom stereocenters. The second-order valence-corrected chi connectivity index (χ2v) is 8.91. The molecule has 3 rings (SSSR count). The van der Waals surface area contributed by atoms with E-state index in [0.717, 1.165) is 17.5 Å². The van der Waals surface area contributed by atoms with Gasteiger partial charge in [-0.25, -0.2) is 8.42 Å². The summed E-state index contributed by atoms with van der Waals surface area (Å²) in [6.45, 7) is 1.95. The smallest absolute Gasteiger partial charge is 0.235 e. The molecule has 130 valence electrons. The second-order valence-electron chi connectivity index (χ2n) is 5.69. The summed E-state index contributed by atoms with van der Waals surface area (Å²) in [5.74, 6) is 0.0580. The van der Waals surface area contributed by atoms with E-state index < -0.39 is 10.0 Å². The molecule has 0 amide bonds. The van der Waals surface area contributed by atoms with Crippen LogP contribution in [0, 0.1) is 0 Å². The fourth-order valence-electron chi connectivity index (χ4n) is 2.60. The molecule has 0 bridgehead atoms. The number of pyridine rings is 1. The zero-order valence-corrected chi connectivity index (χ0v) is 15.6. The van der Waals surface area contributed by atoms with Gasteiger partial charge in [0.05, 0.1) is 18.0 Å². The van der Waals surface area contributed by atoms with Gasteiger partial charge in [0.15, 0.2) is 0 Å². The third kappa shape index (κ3) is 4.46. The molecule has 0 aliphatic heterocycles. The summed E-state index contributed by atoms with van der Waals surface area (Å²) in [4.78, 5) is 5.35. The molecule has 0 saturated heterocycles. The van der Waals surface area contributed by atoms with E-state index >= 15 is 0 Å². The largest absolute Gasteiger partial charge is 0.266 e. The van der Waals surface area contributed by atoms with Crippen molar-refractivity contribution in [1.82, 2.24) is 4.98 Å². The van der Waals surface area contributed by atoms with Crippen LogP contribution >= 0.6 is 11.3 Å². The fourth-order valence-corrected chi connectivity index (χ4v) is 4.43. The Labute approximate surface area is 152 Å². The molecule has 0 saturated carbocycles. The number of sulfonamides is 1. The average Bonchev–Trinajstić information content (AvgIpc) is 3.13. The Bertz CT molecular complexity index is 908. The van der Waals surface area contributed by atoms with Crippen molar-refractivity contribution in [1.29, 1.82) is 0 Å². The lowest BCUT2D eigenvalue weighted by atomic mass is 10.1. The quantitative estimate of drug-likeness (QED) is 0.628. The van der Waals surface area contributed by atoms with Crippen molar-refractivity contribution < 1.29 is 8.42 Å². The molecular formula is C19H20N2O2S2. The molecule has 6 heteroatoms. The van der Waals surface area contributed by atoms with E-state index in [0.29, 0.717) is 5.69 Å². The molecular weight excluding hydrogens is 352 g/mol. The van der Waals surface area contributed by atoms with Crippen molar-refractivity contribution in [3.05, 3.63) is 82.3 Å². The van der Waals surface area contributed by atoms with Gasteiger partial charge in [0.25, 0.3) is 0 Å². The van der Waals surface area contributed by atoms with Gasteiger partial charge in [0.1, 0.15) is 0 Å². The summed E-state index contributed by atoms with van der Waals surface area (Å²) in [6.07, 6.45) is 4.19. The van der Waals surface area contributed by atoms with E-state index in [9.17, 15) is 8.42 Å². The normalized spacial score (nSPS) is 11.4. The number of anilines is 1. The highest BCUT2D eigenvalue weighted by Crippen LogP contribution is 2.24. The van der Waals surface area contributed by atoms with Gasteiger partial charge in [-0.15, -0.1) is 11.3 Å². The second kappa shape index (κ2) is 7.80. The van der Waals surface area contributed by atoms with Gasteiger partial charge in [-0.2, -0.15) is 0 Å². The number of rotatable bonds is 7. The third-order valence-electron chi connectivity index (χ3n) is 3.91. The van der Waals surface area contributed by atoms with Crippen LogP contribution < -0.4 is 4.31 Å². The van der Waals surface area contributed by atoms with Gasteiger partial charge in [0, 0.05) is 23.7 Å².